The Labute approximate surface area is 93.3 Å². The number of rotatable bonds is 1. The van der Waals surface area contributed by atoms with Crippen LogP contribution in [0, 0.1) is 16.6 Å². The molecule has 0 bridgehead atoms. The van der Waals surface area contributed by atoms with Crippen LogP contribution in [0.1, 0.15) is 37.4 Å². The fourth-order valence-corrected chi connectivity index (χ4v) is 3.17. The Balaban J connectivity index is 1.91. The van der Waals surface area contributed by atoms with E-state index in [4.69, 9.17) is 18.0 Å². The molecule has 80 valence electrons. The van der Waals surface area contributed by atoms with E-state index in [1.165, 1.54) is 25.7 Å². The molecule has 2 atom stereocenters. The minimum atomic E-state index is 0.366. The standard InChI is InChI=1S/C10H14N4S/c11-9-12-8(13-10(15)14-9)7-5-3-1-2-4-6(5)7/h5-7H,1-4H2,(H3,11,12,13,14,15). The van der Waals surface area contributed by atoms with Gasteiger partial charge in [0, 0.05) is 5.92 Å². The molecule has 0 radical (unpaired) electrons. The van der Waals surface area contributed by atoms with Gasteiger partial charge in [-0.15, -0.1) is 0 Å². The van der Waals surface area contributed by atoms with Gasteiger partial charge in [0.2, 0.25) is 10.7 Å². The maximum atomic E-state index is 5.64. The Morgan fingerprint density at radius 3 is 2.47 bits per heavy atom. The number of nitrogen functional groups attached to an aromatic ring is 1. The molecule has 0 saturated heterocycles. The lowest BCUT2D eigenvalue weighted by Gasteiger charge is -2.04. The Bertz CT molecular complexity index is 429. The normalized spacial score (nSPS) is 33.5. The molecular weight excluding hydrogens is 208 g/mol. The number of anilines is 1. The second kappa shape index (κ2) is 3.27. The third-order valence-corrected chi connectivity index (χ3v) is 3.84. The van der Waals surface area contributed by atoms with Gasteiger partial charge >= 0.3 is 0 Å². The van der Waals surface area contributed by atoms with Crippen molar-refractivity contribution < 1.29 is 0 Å². The lowest BCUT2D eigenvalue weighted by molar-refractivity contribution is 0.480. The summed E-state index contributed by atoms with van der Waals surface area (Å²) in [5.74, 6) is 3.56. The maximum absolute atomic E-state index is 5.64. The van der Waals surface area contributed by atoms with Crippen LogP contribution in [0.3, 0.4) is 0 Å². The first-order valence-corrected chi connectivity index (χ1v) is 5.90. The monoisotopic (exact) mass is 222 g/mol. The smallest absolute Gasteiger partial charge is 0.224 e. The molecule has 2 aliphatic carbocycles. The van der Waals surface area contributed by atoms with E-state index in [9.17, 15) is 0 Å². The number of nitrogens with zero attached hydrogens (tertiary/aromatic N) is 2. The lowest BCUT2D eigenvalue weighted by Crippen LogP contribution is -2.02. The molecule has 2 fully saturated rings. The minimum absolute atomic E-state index is 0.366. The predicted octanol–water partition coefficient (Wildman–Crippen LogP) is 2.02. The second-order valence-corrected chi connectivity index (χ2v) is 4.90. The molecule has 2 unspecified atom stereocenters. The summed E-state index contributed by atoms with van der Waals surface area (Å²) in [6.07, 6.45) is 5.39. The number of hydrogen-bond acceptors (Lipinski definition) is 4. The van der Waals surface area contributed by atoms with Gasteiger partial charge < -0.3 is 10.7 Å². The molecule has 0 aliphatic heterocycles. The van der Waals surface area contributed by atoms with Crippen molar-refractivity contribution in [2.24, 2.45) is 11.8 Å². The first kappa shape index (κ1) is 9.27. The molecule has 3 N–H and O–H groups in total. The molecule has 0 amide bonds. The first-order valence-electron chi connectivity index (χ1n) is 5.49. The fourth-order valence-electron chi connectivity index (χ4n) is 2.97. The van der Waals surface area contributed by atoms with Crippen molar-refractivity contribution in [3.05, 3.63) is 10.6 Å². The van der Waals surface area contributed by atoms with E-state index < -0.39 is 0 Å². The number of aromatic nitrogens is 3. The summed E-state index contributed by atoms with van der Waals surface area (Å²) in [7, 11) is 0. The fraction of sp³-hybridized carbons (Fsp3) is 0.700. The van der Waals surface area contributed by atoms with Crippen molar-refractivity contribution >= 4 is 18.2 Å². The van der Waals surface area contributed by atoms with Gasteiger partial charge in [-0.2, -0.15) is 4.98 Å². The van der Waals surface area contributed by atoms with E-state index in [1.807, 2.05) is 0 Å². The van der Waals surface area contributed by atoms with Crippen LogP contribution < -0.4 is 5.73 Å². The zero-order valence-corrected chi connectivity index (χ0v) is 9.26. The van der Waals surface area contributed by atoms with Gasteiger partial charge in [0.1, 0.15) is 5.82 Å². The van der Waals surface area contributed by atoms with Crippen molar-refractivity contribution in [2.75, 3.05) is 5.73 Å². The molecule has 5 heteroatoms. The average molecular weight is 222 g/mol. The van der Waals surface area contributed by atoms with Crippen molar-refractivity contribution in [1.82, 2.24) is 15.0 Å². The molecule has 4 nitrogen and oxygen atoms in total. The van der Waals surface area contributed by atoms with Crippen molar-refractivity contribution in [3.8, 4) is 0 Å². The molecule has 1 aromatic heterocycles. The number of fused-ring (bicyclic) bond motifs is 1. The summed E-state index contributed by atoms with van der Waals surface area (Å²) in [4.78, 5) is 11.2. The van der Waals surface area contributed by atoms with E-state index in [2.05, 4.69) is 15.0 Å². The molecule has 15 heavy (non-hydrogen) atoms. The van der Waals surface area contributed by atoms with Crippen LogP contribution in [0.25, 0.3) is 0 Å². The third-order valence-electron chi connectivity index (χ3n) is 3.66. The van der Waals surface area contributed by atoms with Crippen LogP contribution in [0.2, 0.25) is 0 Å². The SMILES string of the molecule is Nc1nc(=S)nc(C2C3CCCCC32)[nH]1. The maximum Gasteiger partial charge on any atom is 0.224 e. The van der Waals surface area contributed by atoms with Crippen LogP contribution >= 0.6 is 12.2 Å². The van der Waals surface area contributed by atoms with Gasteiger partial charge in [0.25, 0.3) is 0 Å². The third kappa shape index (κ3) is 1.55. The molecule has 2 saturated carbocycles. The zero-order chi connectivity index (χ0) is 10.4. The van der Waals surface area contributed by atoms with E-state index in [1.54, 1.807) is 0 Å². The lowest BCUT2D eigenvalue weighted by atomic mass is 10.0. The van der Waals surface area contributed by atoms with Crippen LogP contribution in [0.15, 0.2) is 0 Å². The van der Waals surface area contributed by atoms with Gasteiger partial charge in [0.05, 0.1) is 0 Å². The molecular formula is C10H14N4S. The highest BCUT2D eigenvalue weighted by atomic mass is 32.1. The molecule has 1 aromatic rings. The van der Waals surface area contributed by atoms with E-state index >= 15 is 0 Å². The van der Waals surface area contributed by atoms with Gasteiger partial charge in [-0.25, -0.2) is 4.98 Å². The van der Waals surface area contributed by atoms with Crippen molar-refractivity contribution in [1.29, 1.82) is 0 Å². The number of nitrogens with two attached hydrogens (primary N) is 1. The topological polar surface area (TPSA) is 67.6 Å². The highest BCUT2D eigenvalue weighted by molar-refractivity contribution is 7.71. The Hall–Kier alpha value is -0.970. The van der Waals surface area contributed by atoms with E-state index in [0.29, 0.717) is 16.6 Å². The summed E-state index contributed by atoms with van der Waals surface area (Å²) < 4.78 is 0.366. The van der Waals surface area contributed by atoms with Gasteiger partial charge in [-0.05, 0) is 36.9 Å². The van der Waals surface area contributed by atoms with Crippen LogP contribution in [-0.4, -0.2) is 15.0 Å². The number of hydrogen-bond donors (Lipinski definition) is 2. The van der Waals surface area contributed by atoms with Crippen molar-refractivity contribution in [2.45, 2.75) is 31.6 Å². The molecule has 0 spiro atoms. The van der Waals surface area contributed by atoms with Gasteiger partial charge in [-0.1, -0.05) is 12.8 Å². The number of H-pyrrole nitrogens is 1. The Kier molecular flexibility index (Phi) is 2.02. The van der Waals surface area contributed by atoms with Crippen molar-refractivity contribution in [3.63, 3.8) is 0 Å². The molecule has 3 rings (SSSR count). The zero-order valence-electron chi connectivity index (χ0n) is 8.44. The minimum Gasteiger partial charge on any atom is -0.369 e. The average Bonchev–Trinajstić information content (AvgIpc) is 2.89. The summed E-state index contributed by atoms with van der Waals surface area (Å²) in [6, 6.07) is 0. The van der Waals surface area contributed by atoms with E-state index in [-0.39, 0.29) is 0 Å². The predicted molar refractivity (Wildman–Crippen MR) is 59.8 cm³/mol. The number of aromatic amines is 1. The van der Waals surface area contributed by atoms with Gasteiger partial charge in [-0.3, -0.25) is 0 Å². The Morgan fingerprint density at radius 2 is 1.87 bits per heavy atom. The quantitative estimate of drug-likeness (QED) is 0.713. The summed E-state index contributed by atoms with van der Waals surface area (Å²) in [5.41, 5.74) is 5.64. The van der Waals surface area contributed by atoms with Crippen LogP contribution in [0.5, 0.6) is 0 Å². The first-order chi connectivity index (χ1) is 7.25. The number of nitrogens with one attached hydrogen (secondary N) is 1. The largest absolute Gasteiger partial charge is 0.369 e. The summed E-state index contributed by atoms with van der Waals surface area (Å²) in [5, 5.41) is 0. The summed E-state index contributed by atoms with van der Waals surface area (Å²) >= 11 is 4.98. The Morgan fingerprint density at radius 1 is 1.20 bits per heavy atom. The molecule has 1 heterocycles. The van der Waals surface area contributed by atoms with Crippen LogP contribution in [-0.2, 0) is 0 Å². The highest BCUT2D eigenvalue weighted by Crippen LogP contribution is 2.60. The molecule has 2 aliphatic rings. The molecule has 0 aromatic carbocycles. The highest BCUT2D eigenvalue weighted by Gasteiger charge is 2.52. The summed E-state index contributed by atoms with van der Waals surface area (Å²) in [6.45, 7) is 0. The van der Waals surface area contributed by atoms with Crippen LogP contribution in [0.4, 0.5) is 5.95 Å². The van der Waals surface area contributed by atoms with E-state index in [0.717, 1.165) is 17.7 Å². The van der Waals surface area contributed by atoms with Gasteiger partial charge in [0.15, 0.2) is 0 Å². The second-order valence-electron chi connectivity index (χ2n) is 4.54.